The Morgan fingerprint density at radius 1 is 1.17 bits per heavy atom. The van der Waals surface area contributed by atoms with Gasteiger partial charge in [-0.1, -0.05) is 6.07 Å². The molecule has 0 saturated carbocycles. The summed E-state index contributed by atoms with van der Waals surface area (Å²) in [5.41, 5.74) is 2.01. The molecule has 5 heteroatoms. The minimum Gasteiger partial charge on any atom is -0.476 e. The number of carboxylic acid groups (broad SMARTS) is 1. The monoisotopic (exact) mass is 239 g/mol. The Morgan fingerprint density at radius 2 is 1.94 bits per heavy atom. The standard InChI is InChI=1S/C13H9N3O2/c17-13(18)11-12(9-4-6-14-7-5-9)16-8-2-1-3-10(16)15-11/h1-8H,(H,17,18). The second kappa shape index (κ2) is 3.96. The number of carbonyl (C=O) groups is 1. The van der Waals surface area contributed by atoms with Crippen molar-refractivity contribution in [3.05, 3.63) is 54.6 Å². The molecule has 0 fully saturated rings. The van der Waals surface area contributed by atoms with Crippen LogP contribution in [0, 0.1) is 0 Å². The van der Waals surface area contributed by atoms with Crippen LogP contribution in [0.25, 0.3) is 16.9 Å². The highest BCUT2D eigenvalue weighted by Gasteiger charge is 2.18. The predicted octanol–water partition coefficient (Wildman–Crippen LogP) is 2.09. The first-order valence-electron chi connectivity index (χ1n) is 5.38. The molecular weight excluding hydrogens is 230 g/mol. The molecule has 3 aromatic heterocycles. The summed E-state index contributed by atoms with van der Waals surface area (Å²) in [5, 5.41) is 9.24. The summed E-state index contributed by atoms with van der Waals surface area (Å²) in [6.45, 7) is 0. The smallest absolute Gasteiger partial charge is 0.356 e. The molecule has 0 aliphatic rings. The van der Waals surface area contributed by atoms with Gasteiger partial charge in [-0.15, -0.1) is 0 Å². The maximum atomic E-state index is 11.3. The van der Waals surface area contributed by atoms with Gasteiger partial charge in [0.15, 0.2) is 5.69 Å². The Bertz CT molecular complexity index is 719. The number of aromatic nitrogens is 3. The molecule has 0 saturated heterocycles. The third-order valence-electron chi connectivity index (χ3n) is 2.69. The lowest BCUT2D eigenvalue weighted by atomic mass is 10.1. The quantitative estimate of drug-likeness (QED) is 0.743. The average Bonchev–Trinajstić information content (AvgIpc) is 2.79. The SMILES string of the molecule is O=C(O)c1nc2ccccn2c1-c1ccncc1. The Balaban J connectivity index is 2.38. The molecule has 5 nitrogen and oxygen atoms in total. The molecule has 3 rings (SSSR count). The number of nitrogens with zero attached hydrogens (tertiary/aromatic N) is 3. The fourth-order valence-corrected chi connectivity index (χ4v) is 1.93. The van der Waals surface area contributed by atoms with E-state index in [2.05, 4.69) is 9.97 Å². The van der Waals surface area contributed by atoms with Crippen LogP contribution in [0.2, 0.25) is 0 Å². The molecular formula is C13H9N3O2. The molecule has 0 aliphatic carbocycles. The fourth-order valence-electron chi connectivity index (χ4n) is 1.93. The molecule has 0 amide bonds. The van der Waals surface area contributed by atoms with Crippen LogP contribution in [0.1, 0.15) is 10.5 Å². The summed E-state index contributed by atoms with van der Waals surface area (Å²) in [6.07, 6.45) is 5.05. The van der Waals surface area contributed by atoms with Crippen molar-refractivity contribution >= 4 is 11.6 Å². The molecule has 0 unspecified atom stereocenters. The van der Waals surface area contributed by atoms with Gasteiger partial charge in [0.1, 0.15) is 5.65 Å². The molecule has 0 atom stereocenters. The van der Waals surface area contributed by atoms with E-state index in [1.807, 2.05) is 12.1 Å². The van der Waals surface area contributed by atoms with E-state index in [1.54, 1.807) is 41.2 Å². The molecule has 0 spiro atoms. The number of hydrogen-bond acceptors (Lipinski definition) is 3. The van der Waals surface area contributed by atoms with E-state index in [0.717, 1.165) is 5.56 Å². The second-order valence-electron chi connectivity index (χ2n) is 3.78. The lowest BCUT2D eigenvalue weighted by Gasteiger charge is -2.02. The average molecular weight is 239 g/mol. The minimum atomic E-state index is -1.04. The summed E-state index contributed by atoms with van der Waals surface area (Å²) in [5.74, 6) is -1.04. The molecule has 0 bridgehead atoms. The van der Waals surface area contributed by atoms with E-state index in [9.17, 15) is 9.90 Å². The molecule has 0 aromatic carbocycles. The number of rotatable bonds is 2. The highest BCUT2D eigenvalue weighted by atomic mass is 16.4. The zero-order valence-electron chi connectivity index (χ0n) is 9.32. The predicted molar refractivity (Wildman–Crippen MR) is 65.4 cm³/mol. The van der Waals surface area contributed by atoms with Crippen molar-refractivity contribution in [2.45, 2.75) is 0 Å². The van der Waals surface area contributed by atoms with Gasteiger partial charge in [-0.05, 0) is 24.3 Å². The lowest BCUT2D eigenvalue weighted by Crippen LogP contribution is -2.00. The van der Waals surface area contributed by atoms with Crippen LogP contribution in [0.5, 0.6) is 0 Å². The van der Waals surface area contributed by atoms with Crippen LogP contribution >= 0.6 is 0 Å². The van der Waals surface area contributed by atoms with E-state index in [0.29, 0.717) is 11.3 Å². The minimum absolute atomic E-state index is 0.0485. The number of imidazole rings is 1. The maximum Gasteiger partial charge on any atom is 0.356 e. The molecule has 0 radical (unpaired) electrons. The zero-order valence-corrected chi connectivity index (χ0v) is 9.32. The third-order valence-corrected chi connectivity index (χ3v) is 2.69. The van der Waals surface area contributed by atoms with Crippen molar-refractivity contribution in [3.63, 3.8) is 0 Å². The highest BCUT2D eigenvalue weighted by molar-refractivity contribution is 5.94. The van der Waals surface area contributed by atoms with Crippen molar-refractivity contribution in [2.24, 2.45) is 0 Å². The first-order chi connectivity index (χ1) is 8.77. The Kier molecular flexibility index (Phi) is 2.30. The van der Waals surface area contributed by atoms with Crippen molar-refractivity contribution in [2.75, 3.05) is 0 Å². The third kappa shape index (κ3) is 1.53. The zero-order chi connectivity index (χ0) is 12.5. The van der Waals surface area contributed by atoms with Gasteiger partial charge in [-0.2, -0.15) is 0 Å². The molecule has 18 heavy (non-hydrogen) atoms. The fraction of sp³-hybridized carbons (Fsp3) is 0. The van der Waals surface area contributed by atoms with Gasteiger partial charge in [0, 0.05) is 24.2 Å². The van der Waals surface area contributed by atoms with Crippen LogP contribution in [-0.4, -0.2) is 25.4 Å². The number of carboxylic acids is 1. The molecule has 3 aromatic rings. The van der Waals surface area contributed by atoms with Crippen molar-refractivity contribution < 1.29 is 9.90 Å². The summed E-state index contributed by atoms with van der Waals surface area (Å²) in [6, 6.07) is 8.97. The summed E-state index contributed by atoms with van der Waals surface area (Å²) >= 11 is 0. The van der Waals surface area contributed by atoms with Gasteiger partial charge in [0.05, 0.1) is 5.69 Å². The number of pyridine rings is 2. The van der Waals surface area contributed by atoms with E-state index in [-0.39, 0.29) is 5.69 Å². The van der Waals surface area contributed by atoms with Gasteiger partial charge in [0.2, 0.25) is 0 Å². The normalized spacial score (nSPS) is 10.7. The first-order valence-corrected chi connectivity index (χ1v) is 5.38. The summed E-state index contributed by atoms with van der Waals surface area (Å²) < 4.78 is 1.76. The van der Waals surface area contributed by atoms with Gasteiger partial charge >= 0.3 is 5.97 Å². The van der Waals surface area contributed by atoms with Crippen LogP contribution in [0.15, 0.2) is 48.9 Å². The van der Waals surface area contributed by atoms with E-state index < -0.39 is 5.97 Å². The number of hydrogen-bond donors (Lipinski definition) is 1. The number of fused-ring (bicyclic) bond motifs is 1. The Labute approximate surface area is 102 Å². The largest absolute Gasteiger partial charge is 0.476 e. The van der Waals surface area contributed by atoms with Gasteiger partial charge in [0.25, 0.3) is 0 Å². The van der Waals surface area contributed by atoms with Crippen molar-refractivity contribution in [3.8, 4) is 11.3 Å². The van der Waals surface area contributed by atoms with Gasteiger partial charge < -0.3 is 5.11 Å². The highest BCUT2D eigenvalue weighted by Crippen LogP contribution is 2.24. The van der Waals surface area contributed by atoms with E-state index in [1.165, 1.54) is 0 Å². The van der Waals surface area contributed by atoms with Gasteiger partial charge in [-0.3, -0.25) is 9.38 Å². The van der Waals surface area contributed by atoms with Crippen molar-refractivity contribution in [1.29, 1.82) is 0 Å². The van der Waals surface area contributed by atoms with E-state index >= 15 is 0 Å². The van der Waals surface area contributed by atoms with Crippen LogP contribution in [-0.2, 0) is 0 Å². The summed E-state index contributed by atoms with van der Waals surface area (Å²) in [7, 11) is 0. The van der Waals surface area contributed by atoms with E-state index in [4.69, 9.17) is 0 Å². The van der Waals surface area contributed by atoms with Gasteiger partial charge in [-0.25, -0.2) is 9.78 Å². The lowest BCUT2D eigenvalue weighted by molar-refractivity contribution is 0.0692. The molecule has 3 heterocycles. The topological polar surface area (TPSA) is 67.5 Å². The van der Waals surface area contributed by atoms with Crippen LogP contribution < -0.4 is 0 Å². The summed E-state index contributed by atoms with van der Waals surface area (Å²) in [4.78, 5) is 19.3. The van der Waals surface area contributed by atoms with Crippen LogP contribution in [0.4, 0.5) is 0 Å². The molecule has 0 aliphatic heterocycles. The van der Waals surface area contributed by atoms with Crippen molar-refractivity contribution in [1.82, 2.24) is 14.4 Å². The maximum absolute atomic E-state index is 11.3. The first kappa shape index (κ1) is 10.5. The second-order valence-corrected chi connectivity index (χ2v) is 3.78. The number of aromatic carboxylic acids is 1. The molecule has 1 N–H and O–H groups in total. The molecule has 88 valence electrons. The van der Waals surface area contributed by atoms with Crippen LogP contribution in [0.3, 0.4) is 0 Å². The Hall–Kier alpha value is -2.69. The Morgan fingerprint density at radius 3 is 2.67 bits per heavy atom.